The molecule has 1 unspecified atom stereocenters. The normalized spacial score (nSPS) is 12.1. The highest BCUT2D eigenvalue weighted by Gasteiger charge is 2.12. The predicted molar refractivity (Wildman–Crippen MR) is 74.6 cm³/mol. The molecule has 0 saturated heterocycles. The fourth-order valence-electron chi connectivity index (χ4n) is 1.94. The summed E-state index contributed by atoms with van der Waals surface area (Å²) in [5.74, 6) is 0.845. The lowest BCUT2D eigenvalue weighted by Gasteiger charge is -2.16. The number of benzene rings is 2. The third-order valence-electron chi connectivity index (χ3n) is 3.00. The van der Waals surface area contributed by atoms with Crippen molar-refractivity contribution in [3.63, 3.8) is 0 Å². The van der Waals surface area contributed by atoms with Gasteiger partial charge in [-0.1, -0.05) is 24.3 Å². The van der Waals surface area contributed by atoms with Gasteiger partial charge >= 0.3 is 0 Å². The van der Waals surface area contributed by atoms with Crippen LogP contribution in [0.2, 0.25) is 0 Å². The zero-order valence-corrected chi connectivity index (χ0v) is 10.9. The maximum absolute atomic E-state index is 9.46. The molecular formula is C16H18O3. The molecule has 2 N–H and O–H groups in total. The molecular weight excluding hydrogens is 240 g/mol. The van der Waals surface area contributed by atoms with Gasteiger partial charge in [0.05, 0.1) is 13.2 Å². The van der Waals surface area contributed by atoms with Gasteiger partial charge in [-0.3, -0.25) is 0 Å². The highest BCUT2D eigenvalue weighted by Crippen LogP contribution is 2.21. The summed E-state index contributed by atoms with van der Waals surface area (Å²) in [6, 6.07) is 14.7. The highest BCUT2D eigenvalue weighted by molar-refractivity contribution is 5.31. The van der Waals surface area contributed by atoms with E-state index in [9.17, 15) is 10.2 Å². The number of rotatable bonds is 5. The van der Waals surface area contributed by atoms with Gasteiger partial charge in [-0.05, 0) is 42.3 Å². The Kier molecular flexibility index (Phi) is 4.42. The number of phenolic OH excluding ortho intramolecular Hbond substituents is 1. The van der Waals surface area contributed by atoms with Gasteiger partial charge in [-0.2, -0.15) is 0 Å². The van der Waals surface area contributed by atoms with Gasteiger partial charge in [-0.25, -0.2) is 0 Å². The molecule has 3 heteroatoms. The number of phenols is 1. The first-order chi connectivity index (χ1) is 9.19. The first-order valence-electron chi connectivity index (χ1n) is 6.28. The summed E-state index contributed by atoms with van der Waals surface area (Å²) >= 11 is 0. The third kappa shape index (κ3) is 3.73. The van der Waals surface area contributed by atoms with E-state index in [1.165, 1.54) is 0 Å². The number of hydrogen-bond acceptors (Lipinski definition) is 3. The first kappa shape index (κ1) is 13.4. The van der Waals surface area contributed by atoms with Crippen LogP contribution in [0.4, 0.5) is 0 Å². The average molecular weight is 258 g/mol. The third-order valence-corrected chi connectivity index (χ3v) is 3.00. The van der Waals surface area contributed by atoms with Crippen LogP contribution in [0.5, 0.6) is 11.5 Å². The van der Waals surface area contributed by atoms with E-state index in [4.69, 9.17) is 4.74 Å². The molecule has 0 aliphatic heterocycles. The van der Waals surface area contributed by atoms with Crippen molar-refractivity contribution in [2.24, 2.45) is 0 Å². The molecule has 0 aliphatic rings. The maximum Gasteiger partial charge on any atom is 0.119 e. The predicted octanol–water partition coefficient (Wildman–Crippen LogP) is 2.86. The first-order valence-corrected chi connectivity index (χ1v) is 6.28. The number of aromatic hydroxyl groups is 1. The van der Waals surface area contributed by atoms with Gasteiger partial charge in [-0.15, -0.1) is 0 Å². The van der Waals surface area contributed by atoms with Crippen molar-refractivity contribution in [1.29, 1.82) is 0 Å². The van der Waals surface area contributed by atoms with Crippen molar-refractivity contribution in [1.82, 2.24) is 0 Å². The molecule has 0 saturated carbocycles. The molecule has 100 valence electrons. The van der Waals surface area contributed by atoms with Crippen LogP contribution < -0.4 is 4.74 Å². The van der Waals surface area contributed by atoms with E-state index >= 15 is 0 Å². The van der Waals surface area contributed by atoms with Crippen molar-refractivity contribution in [3.05, 3.63) is 59.7 Å². The fourth-order valence-corrected chi connectivity index (χ4v) is 1.94. The van der Waals surface area contributed by atoms with E-state index in [0.29, 0.717) is 6.61 Å². The monoisotopic (exact) mass is 258 g/mol. The molecule has 19 heavy (non-hydrogen) atoms. The topological polar surface area (TPSA) is 49.7 Å². The van der Waals surface area contributed by atoms with E-state index < -0.39 is 0 Å². The van der Waals surface area contributed by atoms with Crippen molar-refractivity contribution in [3.8, 4) is 11.5 Å². The molecule has 0 bridgehead atoms. The lowest BCUT2D eigenvalue weighted by Crippen LogP contribution is -2.14. The Morgan fingerprint density at radius 1 is 1.11 bits per heavy atom. The van der Waals surface area contributed by atoms with Crippen LogP contribution in [0.15, 0.2) is 48.5 Å². The van der Waals surface area contributed by atoms with Crippen LogP contribution in [0.25, 0.3) is 0 Å². The minimum Gasteiger partial charge on any atom is -0.508 e. The van der Waals surface area contributed by atoms with Crippen LogP contribution in [0.3, 0.4) is 0 Å². The Labute approximate surface area is 113 Å². The van der Waals surface area contributed by atoms with Crippen LogP contribution in [0, 0.1) is 6.92 Å². The van der Waals surface area contributed by atoms with Gasteiger partial charge in [0, 0.05) is 5.92 Å². The summed E-state index contributed by atoms with van der Waals surface area (Å²) in [5.41, 5.74) is 2.01. The SMILES string of the molecule is Cc1cccc(OCC(CO)c2cccc(O)c2)c1. The number of aliphatic hydroxyl groups is 1. The standard InChI is InChI=1S/C16H18O3/c1-12-4-2-7-16(8-12)19-11-14(10-17)13-5-3-6-15(18)9-13/h2-9,14,17-18H,10-11H2,1H3. The molecule has 0 amide bonds. The summed E-state index contributed by atoms with van der Waals surface area (Å²) in [6.45, 7) is 2.37. The van der Waals surface area contributed by atoms with Crippen LogP contribution in [0.1, 0.15) is 17.0 Å². The summed E-state index contributed by atoms with van der Waals surface area (Å²) < 4.78 is 5.69. The van der Waals surface area contributed by atoms with Gasteiger partial charge in [0.1, 0.15) is 11.5 Å². The molecule has 2 aromatic carbocycles. The molecule has 1 atom stereocenters. The zero-order chi connectivity index (χ0) is 13.7. The minimum atomic E-state index is -0.146. The van der Waals surface area contributed by atoms with Gasteiger partial charge in [0.2, 0.25) is 0 Å². The molecule has 0 fully saturated rings. The second-order valence-corrected chi connectivity index (χ2v) is 4.60. The van der Waals surface area contributed by atoms with E-state index in [-0.39, 0.29) is 18.3 Å². The van der Waals surface area contributed by atoms with Gasteiger partial charge < -0.3 is 14.9 Å². The quantitative estimate of drug-likeness (QED) is 0.867. The van der Waals surface area contributed by atoms with Crippen molar-refractivity contribution >= 4 is 0 Å². The van der Waals surface area contributed by atoms with Crippen LogP contribution >= 0.6 is 0 Å². The second kappa shape index (κ2) is 6.25. The van der Waals surface area contributed by atoms with E-state index in [0.717, 1.165) is 16.9 Å². The minimum absolute atomic E-state index is 0.0186. The Balaban J connectivity index is 2.04. The summed E-state index contributed by atoms with van der Waals surface area (Å²) in [5, 5.41) is 18.9. The Morgan fingerprint density at radius 2 is 1.89 bits per heavy atom. The van der Waals surface area contributed by atoms with Crippen molar-refractivity contribution < 1.29 is 14.9 Å². The number of aliphatic hydroxyl groups excluding tert-OH is 1. The molecule has 0 spiro atoms. The molecule has 3 nitrogen and oxygen atoms in total. The van der Waals surface area contributed by atoms with Gasteiger partial charge in [0.25, 0.3) is 0 Å². The Morgan fingerprint density at radius 3 is 2.58 bits per heavy atom. The number of ether oxygens (including phenoxy) is 1. The van der Waals surface area contributed by atoms with Crippen molar-refractivity contribution in [2.75, 3.05) is 13.2 Å². The second-order valence-electron chi connectivity index (χ2n) is 4.60. The van der Waals surface area contributed by atoms with Crippen molar-refractivity contribution in [2.45, 2.75) is 12.8 Å². The van der Waals surface area contributed by atoms with Crippen LogP contribution in [-0.2, 0) is 0 Å². The molecule has 0 aromatic heterocycles. The fraction of sp³-hybridized carbons (Fsp3) is 0.250. The lowest BCUT2D eigenvalue weighted by atomic mass is 10.0. The van der Waals surface area contributed by atoms with Crippen LogP contribution in [-0.4, -0.2) is 23.4 Å². The molecule has 0 radical (unpaired) electrons. The van der Waals surface area contributed by atoms with Gasteiger partial charge in [0.15, 0.2) is 0 Å². The summed E-state index contributed by atoms with van der Waals surface area (Å²) in [6.07, 6.45) is 0. The average Bonchev–Trinajstić information content (AvgIpc) is 2.40. The number of aryl methyl sites for hydroxylation is 1. The van der Waals surface area contributed by atoms with E-state index in [2.05, 4.69) is 0 Å². The highest BCUT2D eigenvalue weighted by atomic mass is 16.5. The largest absolute Gasteiger partial charge is 0.508 e. The van der Waals surface area contributed by atoms with E-state index in [1.54, 1.807) is 18.2 Å². The molecule has 0 heterocycles. The molecule has 2 aromatic rings. The Hall–Kier alpha value is -2.00. The molecule has 2 rings (SSSR count). The maximum atomic E-state index is 9.46. The Bertz CT molecular complexity index is 537. The van der Waals surface area contributed by atoms with E-state index in [1.807, 2.05) is 37.3 Å². The summed E-state index contributed by atoms with van der Waals surface area (Å²) in [4.78, 5) is 0. The summed E-state index contributed by atoms with van der Waals surface area (Å²) in [7, 11) is 0. The number of hydrogen-bond donors (Lipinski definition) is 2. The molecule has 0 aliphatic carbocycles. The lowest BCUT2D eigenvalue weighted by molar-refractivity contribution is 0.205. The smallest absolute Gasteiger partial charge is 0.119 e. The zero-order valence-electron chi connectivity index (χ0n) is 10.9.